The molecule has 2 heterocycles. The van der Waals surface area contributed by atoms with Crippen LogP contribution in [0.2, 0.25) is 0 Å². The van der Waals surface area contributed by atoms with Gasteiger partial charge in [-0.2, -0.15) is 0 Å². The molecule has 19 heavy (non-hydrogen) atoms. The average molecular weight is 288 g/mol. The zero-order valence-corrected chi connectivity index (χ0v) is 13.1. The van der Waals surface area contributed by atoms with Crippen molar-refractivity contribution in [2.24, 2.45) is 5.41 Å². The molecule has 112 valence electrons. The van der Waals surface area contributed by atoms with Crippen molar-refractivity contribution in [1.82, 2.24) is 10.2 Å². The van der Waals surface area contributed by atoms with Gasteiger partial charge in [-0.15, -0.1) is 0 Å². The van der Waals surface area contributed by atoms with Gasteiger partial charge in [0.05, 0.1) is 11.5 Å². The summed E-state index contributed by atoms with van der Waals surface area (Å²) < 4.78 is 23.2. The molecule has 0 amide bonds. The molecule has 5 heteroatoms. The maximum absolute atomic E-state index is 11.6. The molecule has 0 aromatic carbocycles. The fourth-order valence-corrected chi connectivity index (χ4v) is 5.57. The van der Waals surface area contributed by atoms with Gasteiger partial charge in [-0.3, -0.25) is 0 Å². The molecule has 0 bridgehead atoms. The molecule has 4 nitrogen and oxygen atoms in total. The number of nitrogens with one attached hydrogen (secondary N) is 1. The molecule has 0 saturated carbocycles. The van der Waals surface area contributed by atoms with Crippen LogP contribution in [0.15, 0.2) is 0 Å². The molecule has 2 unspecified atom stereocenters. The second-order valence-corrected chi connectivity index (χ2v) is 8.73. The van der Waals surface area contributed by atoms with Crippen LogP contribution in [0.1, 0.15) is 39.0 Å². The van der Waals surface area contributed by atoms with Crippen LogP contribution < -0.4 is 5.32 Å². The van der Waals surface area contributed by atoms with Gasteiger partial charge in [0.2, 0.25) is 0 Å². The van der Waals surface area contributed by atoms with Crippen LogP contribution in [0.5, 0.6) is 0 Å². The summed E-state index contributed by atoms with van der Waals surface area (Å²) in [5.41, 5.74) is 0.355. The SMILES string of the molecule is CCCC1(CN(C)C2CCS(=O)(=O)C2)CCCNC1. The molecule has 0 aliphatic carbocycles. The standard InChI is InChI=1S/C14H28N2O2S/c1-3-6-14(7-4-8-15-11-14)12-16(2)13-5-9-19(17,18)10-13/h13,15H,3-12H2,1-2H3. The molecule has 0 spiro atoms. The molecule has 1 N–H and O–H groups in total. The van der Waals surface area contributed by atoms with Crippen LogP contribution in [0.4, 0.5) is 0 Å². The van der Waals surface area contributed by atoms with Gasteiger partial charge in [0, 0.05) is 19.1 Å². The number of piperidine rings is 1. The number of hydrogen-bond acceptors (Lipinski definition) is 4. The second-order valence-electron chi connectivity index (χ2n) is 6.50. The van der Waals surface area contributed by atoms with E-state index >= 15 is 0 Å². The third kappa shape index (κ3) is 3.92. The van der Waals surface area contributed by atoms with E-state index in [9.17, 15) is 8.42 Å². The maximum atomic E-state index is 11.6. The van der Waals surface area contributed by atoms with Gasteiger partial charge >= 0.3 is 0 Å². The van der Waals surface area contributed by atoms with Gasteiger partial charge in [0.25, 0.3) is 0 Å². The number of hydrogen-bond donors (Lipinski definition) is 1. The fraction of sp³-hybridized carbons (Fsp3) is 1.00. The van der Waals surface area contributed by atoms with Gasteiger partial charge in [0.15, 0.2) is 9.84 Å². The van der Waals surface area contributed by atoms with Crippen LogP contribution in [0.3, 0.4) is 0 Å². The predicted octanol–water partition coefficient (Wildman–Crippen LogP) is 1.28. The van der Waals surface area contributed by atoms with Crippen LogP contribution in [0.25, 0.3) is 0 Å². The van der Waals surface area contributed by atoms with Crippen LogP contribution in [-0.4, -0.2) is 57.5 Å². The lowest BCUT2D eigenvalue weighted by atomic mass is 9.76. The third-order valence-electron chi connectivity index (χ3n) is 4.76. The highest BCUT2D eigenvalue weighted by Gasteiger charge is 2.37. The summed E-state index contributed by atoms with van der Waals surface area (Å²) in [7, 11) is -0.662. The molecule has 0 radical (unpaired) electrons. The monoisotopic (exact) mass is 288 g/mol. The summed E-state index contributed by atoms with van der Waals surface area (Å²) >= 11 is 0. The zero-order valence-electron chi connectivity index (χ0n) is 12.3. The average Bonchev–Trinajstić information content (AvgIpc) is 2.71. The summed E-state index contributed by atoms with van der Waals surface area (Å²) in [6, 6.07) is 0.237. The summed E-state index contributed by atoms with van der Waals surface area (Å²) in [5.74, 6) is 0.736. The summed E-state index contributed by atoms with van der Waals surface area (Å²) in [6.07, 6.45) is 5.78. The molecule has 2 aliphatic rings. The minimum absolute atomic E-state index is 0.237. The zero-order chi connectivity index (χ0) is 13.9. The van der Waals surface area contributed by atoms with E-state index in [2.05, 4.69) is 24.2 Å². The minimum atomic E-state index is -2.77. The molecule has 0 aromatic heterocycles. The first kappa shape index (κ1) is 15.3. The first-order valence-electron chi connectivity index (χ1n) is 7.58. The second kappa shape index (κ2) is 6.10. The summed E-state index contributed by atoms with van der Waals surface area (Å²) in [6.45, 7) is 5.50. The molecular weight excluding hydrogens is 260 g/mol. The van der Waals surface area contributed by atoms with Crippen LogP contribution >= 0.6 is 0 Å². The van der Waals surface area contributed by atoms with Crippen molar-refractivity contribution in [1.29, 1.82) is 0 Å². The van der Waals surface area contributed by atoms with Crippen LogP contribution in [0, 0.1) is 5.41 Å². The topological polar surface area (TPSA) is 49.4 Å². The van der Waals surface area contributed by atoms with Crippen molar-refractivity contribution in [3.05, 3.63) is 0 Å². The Bertz CT molecular complexity index is 383. The van der Waals surface area contributed by atoms with Crippen LogP contribution in [-0.2, 0) is 9.84 Å². The maximum Gasteiger partial charge on any atom is 0.151 e. The van der Waals surface area contributed by atoms with E-state index in [-0.39, 0.29) is 6.04 Å². The third-order valence-corrected chi connectivity index (χ3v) is 6.51. The van der Waals surface area contributed by atoms with Crippen molar-refractivity contribution in [3.8, 4) is 0 Å². The van der Waals surface area contributed by atoms with Crippen molar-refractivity contribution < 1.29 is 8.42 Å². The first-order valence-corrected chi connectivity index (χ1v) is 9.40. The molecular formula is C14H28N2O2S. The Labute approximate surface area is 117 Å². The van der Waals surface area contributed by atoms with Crippen molar-refractivity contribution in [2.75, 3.05) is 38.2 Å². The molecule has 2 rings (SSSR count). The van der Waals surface area contributed by atoms with E-state index in [1.165, 1.54) is 25.7 Å². The van der Waals surface area contributed by atoms with E-state index in [1.54, 1.807) is 0 Å². The van der Waals surface area contributed by atoms with E-state index in [4.69, 9.17) is 0 Å². The lowest BCUT2D eigenvalue weighted by Gasteiger charge is -2.42. The number of nitrogens with zero attached hydrogens (tertiary/aromatic N) is 1. The number of sulfone groups is 1. The lowest BCUT2D eigenvalue weighted by molar-refractivity contribution is 0.102. The molecule has 0 aromatic rings. The highest BCUT2D eigenvalue weighted by Crippen LogP contribution is 2.33. The Balaban J connectivity index is 1.97. The van der Waals surface area contributed by atoms with E-state index in [0.29, 0.717) is 16.9 Å². The van der Waals surface area contributed by atoms with E-state index in [1.807, 2.05) is 0 Å². The van der Waals surface area contributed by atoms with Gasteiger partial charge in [-0.05, 0) is 44.7 Å². The fourth-order valence-electron chi connectivity index (χ4n) is 3.77. The van der Waals surface area contributed by atoms with Crippen molar-refractivity contribution >= 4 is 9.84 Å². The predicted molar refractivity (Wildman–Crippen MR) is 79.1 cm³/mol. The quantitative estimate of drug-likeness (QED) is 0.828. The van der Waals surface area contributed by atoms with Gasteiger partial charge in [-0.25, -0.2) is 8.42 Å². The van der Waals surface area contributed by atoms with Gasteiger partial charge < -0.3 is 10.2 Å². The Morgan fingerprint density at radius 1 is 1.42 bits per heavy atom. The Hall–Kier alpha value is -0.130. The Kier molecular flexibility index (Phi) is 4.90. The first-order chi connectivity index (χ1) is 8.96. The molecule has 2 aliphatic heterocycles. The smallest absolute Gasteiger partial charge is 0.151 e. The summed E-state index contributed by atoms with van der Waals surface area (Å²) in [5, 5.41) is 3.53. The van der Waals surface area contributed by atoms with E-state index in [0.717, 1.165) is 26.1 Å². The van der Waals surface area contributed by atoms with Crippen molar-refractivity contribution in [3.63, 3.8) is 0 Å². The highest BCUT2D eigenvalue weighted by atomic mass is 32.2. The Morgan fingerprint density at radius 2 is 2.21 bits per heavy atom. The lowest BCUT2D eigenvalue weighted by Crippen LogP contribution is -2.49. The Morgan fingerprint density at radius 3 is 2.74 bits per heavy atom. The van der Waals surface area contributed by atoms with E-state index < -0.39 is 9.84 Å². The van der Waals surface area contributed by atoms with Gasteiger partial charge in [0.1, 0.15) is 0 Å². The molecule has 2 atom stereocenters. The van der Waals surface area contributed by atoms with Crippen molar-refractivity contribution in [2.45, 2.75) is 45.1 Å². The minimum Gasteiger partial charge on any atom is -0.316 e. The highest BCUT2D eigenvalue weighted by molar-refractivity contribution is 7.91. The summed E-state index contributed by atoms with van der Waals surface area (Å²) in [4.78, 5) is 2.31. The normalized spacial score (nSPS) is 34.8. The number of rotatable bonds is 5. The molecule has 2 fully saturated rings. The van der Waals surface area contributed by atoms with Gasteiger partial charge in [-0.1, -0.05) is 13.3 Å². The molecule has 2 saturated heterocycles. The largest absolute Gasteiger partial charge is 0.316 e.